The summed E-state index contributed by atoms with van der Waals surface area (Å²) >= 11 is 0. The SMILES string of the molecule is CN=C(NCc1ncnn1C)NC1CCN(c2ncccc2F)C1.I. The molecule has 1 saturated heterocycles. The Morgan fingerprint density at radius 2 is 2.28 bits per heavy atom. The van der Waals surface area contributed by atoms with Crippen molar-refractivity contribution in [2.45, 2.75) is 19.0 Å². The molecular formula is C15H22FIN8. The lowest BCUT2D eigenvalue weighted by Crippen LogP contribution is -2.44. The van der Waals surface area contributed by atoms with Crippen LogP contribution in [0.5, 0.6) is 0 Å². The van der Waals surface area contributed by atoms with Crippen LogP contribution in [0.3, 0.4) is 0 Å². The van der Waals surface area contributed by atoms with Crippen molar-refractivity contribution in [2.75, 3.05) is 25.0 Å². The molecule has 0 spiro atoms. The van der Waals surface area contributed by atoms with Gasteiger partial charge >= 0.3 is 0 Å². The standard InChI is InChI=1S/C15H21FN8.HI/c1-17-15(19-8-13-20-10-21-23(13)2)22-11-5-7-24(9-11)14-12(16)4-3-6-18-14;/h3-4,6,10-11H,5,7-9H2,1-2H3,(H2,17,19,22);1H. The monoisotopic (exact) mass is 460 g/mol. The van der Waals surface area contributed by atoms with Gasteiger partial charge in [-0.2, -0.15) is 5.10 Å². The van der Waals surface area contributed by atoms with E-state index in [0.717, 1.165) is 18.8 Å². The predicted octanol–water partition coefficient (Wildman–Crippen LogP) is 0.911. The van der Waals surface area contributed by atoms with Crippen LogP contribution in [0.4, 0.5) is 10.2 Å². The summed E-state index contributed by atoms with van der Waals surface area (Å²) in [5.74, 6) is 1.62. The van der Waals surface area contributed by atoms with Crippen molar-refractivity contribution >= 4 is 35.8 Å². The Kier molecular flexibility index (Phi) is 6.91. The van der Waals surface area contributed by atoms with Gasteiger partial charge in [-0.25, -0.2) is 14.4 Å². The smallest absolute Gasteiger partial charge is 0.191 e. The van der Waals surface area contributed by atoms with Crippen LogP contribution < -0.4 is 15.5 Å². The van der Waals surface area contributed by atoms with Gasteiger partial charge in [0.25, 0.3) is 0 Å². The molecule has 1 aliphatic heterocycles. The Morgan fingerprint density at radius 1 is 1.44 bits per heavy atom. The van der Waals surface area contributed by atoms with Crippen LogP contribution in [0.2, 0.25) is 0 Å². The number of halogens is 2. The van der Waals surface area contributed by atoms with E-state index in [1.807, 2.05) is 11.9 Å². The molecule has 1 atom stereocenters. The fourth-order valence-corrected chi connectivity index (χ4v) is 2.71. The lowest BCUT2D eigenvalue weighted by molar-refractivity contribution is 0.611. The molecule has 0 amide bonds. The van der Waals surface area contributed by atoms with Crippen molar-refractivity contribution in [3.8, 4) is 0 Å². The number of rotatable bonds is 4. The van der Waals surface area contributed by atoms with E-state index in [0.29, 0.717) is 24.9 Å². The quantitative estimate of drug-likeness (QED) is 0.401. The maximum Gasteiger partial charge on any atom is 0.191 e. The first-order valence-corrected chi connectivity index (χ1v) is 7.83. The van der Waals surface area contributed by atoms with Crippen LogP contribution in [-0.4, -0.2) is 51.9 Å². The van der Waals surface area contributed by atoms with E-state index in [1.165, 1.54) is 12.4 Å². The number of aryl methyl sites for hydroxylation is 1. The highest BCUT2D eigenvalue weighted by Gasteiger charge is 2.25. The van der Waals surface area contributed by atoms with E-state index in [4.69, 9.17) is 0 Å². The van der Waals surface area contributed by atoms with Crippen LogP contribution in [0.25, 0.3) is 0 Å². The van der Waals surface area contributed by atoms with E-state index in [2.05, 4.69) is 30.7 Å². The van der Waals surface area contributed by atoms with Crippen molar-refractivity contribution in [1.82, 2.24) is 30.4 Å². The number of guanidine groups is 1. The third-order valence-corrected chi connectivity index (χ3v) is 4.01. The van der Waals surface area contributed by atoms with Crippen molar-refractivity contribution in [1.29, 1.82) is 0 Å². The van der Waals surface area contributed by atoms with Crippen LogP contribution in [0, 0.1) is 5.82 Å². The van der Waals surface area contributed by atoms with E-state index in [-0.39, 0.29) is 35.8 Å². The summed E-state index contributed by atoms with van der Waals surface area (Å²) in [6, 6.07) is 3.21. The molecule has 0 bridgehead atoms. The van der Waals surface area contributed by atoms with Gasteiger partial charge in [0.2, 0.25) is 0 Å². The first-order chi connectivity index (χ1) is 11.7. The number of anilines is 1. The highest BCUT2D eigenvalue weighted by molar-refractivity contribution is 14.0. The average Bonchev–Trinajstić information content (AvgIpc) is 3.21. The lowest BCUT2D eigenvalue weighted by atomic mass is 10.3. The zero-order valence-electron chi connectivity index (χ0n) is 14.2. The largest absolute Gasteiger partial charge is 0.352 e. The summed E-state index contributed by atoms with van der Waals surface area (Å²) < 4.78 is 15.5. The minimum atomic E-state index is -0.289. The lowest BCUT2D eigenvalue weighted by Gasteiger charge is -2.19. The second-order valence-corrected chi connectivity index (χ2v) is 5.61. The maximum atomic E-state index is 13.8. The van der Waals surface area contributed by atoms with Gasteiger partial charge in [0.15, 0.2) is 17.6 Å². The second-order valence-electron chi connectivity index (χ2n) is 5.61. The zero-order valence-corrected chi connectivity index (χ0v) is 16.5. The molecule has 0 saturated carbocycles. The molecule has 1 aliphatic rings. The molecule has 2 N–H and O–H groups in total. The predicted molar refractivity (Wildman–Crippen MR) is 105 cm³/mol. The zero-order chi connectivity index (χ0) is 16.9. The minimum Gasteiger partial charge on any atom is -0.352 e. The number of hydrogen-bond donors (Lipinski definition) is 2. The molecule has 3 heterocycles. The third kappa shape index (κ3) is 4.77. The maximum absolute atomic E-state index is 13.8. The number of pyridine rings is 1. The van der Waals surface area contributed by atoms with Crippen LogP contribution in [-0.2, 0) is 13.6 Å². The van der Waals surface area contributed by atoms with E-state index in [9.17, 15) is 4.39 Å². The first kappa shape index (κ1) is 19.3. The average molecular weight is 460 g/mol. The van der Waals surface area contributed by atoms with Gasteiger partial charge in [-0.3, -0.25) is 9.67 Å². The summed E-state index contributed by atoms with van der Waals surface area (Å²) in [5, 5.41) is 10.6. The van der Waals surface area contributed by atoms with Gasteiger partial charge < -0.3 is 15.5 Å². The number of hydrogen-bond acceptors (Lipinski definition) is 5. The fraction of sp³-hybridized carbons (Fsp3) is 0.467. The Hall–Kier alpha value is -1.98. The van der Waals surface area contributed by atoms with Crippen molar-refractivity contribution < 1.29 is 4.39 Å². The highest BCUT2D eigenvalue weighted by atomic mass is 127. The summed E-state index contributed by atoms with van der Waals surface area (Å²) in [4.78, 5) is 14.5. The molecule has 0 radical (unpaired) electrons. The van der Waals surface area contributed by atoms with Crippen LogP contribution in [0.15, 0.2) is 29.6 Å². The molecule has 8 nitrogen and oxygen atoms in total. The summed E-state index contributed by atoms with van der Waals surface area (Å²) in [5.41, 5.74) is 0. The van der Waals surface area contributed by atoms with Crippen LogP contribution in [0.1, 0.15) is 12.2 Å². The van der Waals surface area contributed by atoms with E-state index < -0.39 is 0 Å². The fourth-order valence-electron chi connectivity index (χ4n) is 2.71. The molecular weight excluding hydrogens is 438 g/mol. The summed E-state index contributed by atoms with van der Waals surface area (Å²) in [6.45, 7) is 1.96. The van der Waals surface area contributed by atoms with E-state index in [1.54, 1.807) is 24.0 Å². The Morgan fingerprint density at radius 3 is 2.96 bits per heavy atom. The normalized spacial score (nSPS) is 17.3. The minimum absolute atomic E-state index is 0. The topological polar surface area (TPSA) is 83.3 Å². The second kappa shape index (κ2) is 8.92. The third-order valence-electron chi connectivity index (χ3n) is 4.01. The Labute approximate surface area is 163 Å². The van der Waals surface area contributed by atoms with Gasteiger partial charge in [-0.05, 0) is 18.6 Å². The number of aliphatic imine (C=N–C) groups is 1. The molecule has 0 aliphatic carbocycles. The molecule has 2 aromatic rings. The molecule has 25 heavy (non-hydrogen) atoms. The van der Waals surface area contributed by atoms with Gasteiger partial charge in [-0.15, -0.1) is 24.0 Å². The molecule has 3 rings (SSSR count). The van der Waals surface area contributed by atoms with Crippen molar-refractivity contribution in [3.05, 3.63) is 36.3 Å². The van der Waals surface area contributed by atoms with Crippen LogP contribution >= 0.6 is 24.0 Å². The molecule has 2 aromatic heterocycles. The first-order valence-electron chi connectivity index (χ1n) is 7.83. The van der Waals surface area contributed by atoms with E-state index >= 15 is 0 Å². The Balaban J connectivity index is 0.00000225. The summed E-state index contributed by atoms with van der Waals surface area (Å²) in [6.07, 6.45) is 4.02. The molecule has 1 fully saturated rings. The van der Waals surface area contributed by atoms with Gasteiger partial charge in [-0.1, -0.05) is 0 Å². The molecule has 1 unspecified atom stereocenters. The van der Waals surface area contributed by atoms with Gasteiger partial charge in [0.05, 0.1) is 6.54 Å². The molecule has 0 aromatic carbocycles. The number of nitrogens with zero attached hydrogens (tertiary/aromatic N) is 6. The number of nitrogens with one attached hydrogen (secondary N) is 2. The van der Waals surface area contributed by atoms with Crippen molar-refractivity contribution in [2.24, 2.45) is 12.0 Å². The van der Waals surface area contributed by atoms with Crippen molar-refractivity contribution in [3.63, 3.8) is 0 Å². The molecule has 136 valence electrons. The molecule has 10 heteroatoms. The Bertz CT molecular complexity index is 719. The summed E-state index contributed by atoms with van der Waals surface area (Å²) in [7, 11) is 3.56. The number of aromatic nitrogens is 4. The van der Waals surface area contributed by atoms with Gasteiger partial charge in [0.1, 0.15) is 12.2 Å². The highest BCUT2D eigenvalue weighted by Crippen LogP contribution is 2.20. The van der Waals surface area contributed by atoms with Gasteiger partial charge in [0, 0.05) is 39.4 Å².